The van der Waals surface area contributed by atoms with Crippen LogP contribution in [0.4, 0.5) is 15.9 Å². The monoisotopic (exact) mass is 538 g/mol. The normalized spacial score (nSPS) is 11.4. The van der Waals surface area contributed by atoms with E-state index in [0.29, 0.717) is 46.0 Å². The fourth-order valence-electron chi connectivity index (χ4n) is 4.09. The Kier molecular flexibility index (Phi) is 7.47. The number of likely N-dealkylation sites (N-methyl/N-ethyl adjacent to an activating group) is 1. The van der Waals surface area contributed by atoms with Gasteiger partial charge >= 0.3 is 0 Å². The number of rotatable bonds is 8. The quantitative estimate of drug-likeness (QED) is 0.272. The molecule has 5 aromatic rings. The summed E-state index contributed by atoms with van der Waals surface area (Å²) in [6.45, 7) is 2.49. The van der Waals surface area contributed by atoms with Crippen molar-refractivity contribution in [2.75, 3.05) is 31.7 Å². The molecule has 2 aromatic carbocycles. The highest BCUT2D eigenvalue weighted by atomic mass is 19.1. The van der Waals surface area contributed by atoms with Gasteiger partial charge in [0.05, 0.1) is 0 Å². The molecule has 0 aliphatic carbocycles. The fraction of sp³-hybridized carbons (Fsp3) is 0.138. The molecule has 5 rings (SSSR count). The first-order chi connectivity index (χ1) is 19.3. The Balaban J connectivity index is 1.48. The Morgan fingerprint density at radius 2 is 1.90 bits per heavy atom. The summed E-state index contributed by atoms with van der Waals surface area (Å²) in [5.41, 5.74) is 10.3. The van der Waals surface area contributed by atoms with Crippen LogP contribution in [0.3, 0.4) is 0 Å². The van der Waals surface area contributed by atoms with Crippen LogP contribution >= 0.6 is 0 Å². The van der Waals surface area contributed by atoms with E-state index in [1.54, 1.807) is 36.4 Å². The Hall–Kier alpha value is -5.16. The lowest BCUT2D eigenvalue weighted by Gasteiger charge is -2.10. The van der Waals surface area contributed by atoms with E-state index in [4.69, 9.17) is 10.5 Å². The van der Waals surface area contributed by atoms with Crippen LogP contribution in [0.25, 0.3) is 27.9 Å². The number of anilines is 2. The van der Waals surface area contributed by atoms with E-state index in [0.717, 1.165) is 5.69 Å². The Labute approximate surface area is 229 Å². The van der Waals surface area contributed by atoms with Gasteiger partial charge in [-0.1, -0.05) is 30.3 Å². The highest BCUT2D eigenvalue weighted by molar-refractivity contribution is 6.00. The Bertz CT molecular complexity index is 1710. The van der Waals surface area contributed by atoms with Gasteiger partial charge in [-0.05, 0) is 56.9 Å². The number of nitrogens with two attached hydrogens (primary N) is 1. The third kappa shape index (κ3) is 5.79. The van der Waals surface area contributed by atoms with Gasteiger partial charge < -0.3 is 20.7 Å². The van der Waals surface area contributed by atoms with Crippen molar-refractivity contribution < 1.29 is 13.9 Å². The number of aryl methyl sites for hydroxylation is 1. The molecule has 3 aromatic heterocycles. The second-order valence-electron chi connectivity index (χ2n) is 9.30. The van der Waals surface area contributed by atoms with Crippen molar-refractivity contribution in [3.63, 3.8) is 0 Å². The van der Waals surface area contributed by atoms with Crippen molar-refractivity contribution in [3.8, 4) is 34.0 Å². The summed E-state index contributed by atoms with van der Waals surface area (Å²) in [4.78, 5) is 22.6. The first-order valence-corrected chi connectivity index (χ1v) is 12.4. The molecule has 3 heterocycles. The molecule has 0 saturated heterocycles. The first kappa shape index (κ1) is 26.4. The minimum absolute atomic E-state index is 0.0313. The number of carbonyl (C=O) groups excluding carboxylic acids is 1. The second kappa shape index (κ2) is 11.3. The Morgan fingerprint density at radius 1 is 1.12 bits per heavy atom. The molecule has 0 saturated carbocycles. The molecule has 0 aliphatic heterocycles. The lowest BCUT2D eigenvalue weighted by atomic mass is 9.99. The maximum absolute atomic E-state index is 15.3. The number of nitrogens with zero attached hydrogens (tertiary/aromatic N) is 6. The number of aromatic nitrogens is 5. The minimum Gasteiger partial charge on any atom is -0.436 e. The van der Waals surface area contributed by atoms with Gasteiger partial charge in [-0.3, -0.25) is 4.79 Å². The number of ether oxygens (including phenoxy) is 1. The molecular weight excluding hydrogens is 511 g/mol. The van der Waals surface area contributed by atoms with Gasteiger partial charge in [0.1, 0.15) is 17.5 Å². The van der Waals surface area contributed by atoms with Crippen LogP contribution in [0.5, 0.6) is 11.6 Å². The largest absolute Gasteiger partial charge is 0.436 e. The molecule has 0 spiro atoms. The van der Waals surface area contributed by atoms with Crippen LogP contribution in [0, 0.1) is 12.7 Å². The summed E-state index contributed by atoms with van der Waals surface area (Å²) < 4.78 is 22.3. The lowest BCUT2D eigenvalue weighted by molar-refractivity contribution is -0.111. The topological polar surface area (TPSA) is 124 Å². The molecule has 0 fully saturated rings. The number of nitrogen functional groups attached to an aromatic ring is 1. The van der Waals surface area contributed by atoms with Crippen LogP contribution in [0.2, 0.25) is 0 Å². The third-order valence-corrected chi connectivity index (χ3v) is 5.93. The molecule has 10 nitrogen and oxygen atoms in total. The van der Waals surface area contributed by atoms with Crippen molar-refractivity contribution >= 4 is 22.9 Å². The summed E-state index contributed by atoms with van der Waals surface area (Å²) in [6.07, 6.45) is 4.58. The third-order valence-electron chi connectivity index (χ3n) is 5.93. The molecule has 0 unspecified atom stereocenters. The predicted molar refractivity (Wildman–Crippen MR) is 151 cm³/mol. The smallest absolute Gasteiger partial charge is 0.248 e. The van der Waals surface area contributed by atoms with E-state index in [1.807, 2.05) is 44.1 Å². The van der Waals surface area contributed by atoms with Gasteiger partial charge in [-0.25, -0.2) is 14.4 Å². The van der Waals surface area contributed by atoms with E-state index in [-0.39, 0.29) is 17.5 Å². The predicted octanol–water partition coefficient (Wildman–Crippen LogP) is 4.73. The molecular formula is C29H27FN8O2. The minimum atomic E-state index is -0.582. The number of benzene rings is 2. The van der Waals surface area contributed by atoms with Crippen LogP contribution < -0.4 is 15.8 Å². The molecule has 0 bridgehead atoms. The van der Waals surface area contributed by atoms with Gasteiger partial charge in [0.15, 0.2) is 17.4 Å². The molecule has 1 amide bonds. The van der Waals surface area contributed by atoms with Crippen molar-refractivity contribution in [3.05, 3.63) is 90.7 Å². The highest BCUT2D eigenvalue weighted by Crippen LogP contribution is 2.38. The maximum atomic E-state index is 15.3. The van der Waals surface area contributed by atoms with Gasteiger partial charge in [-0.2, -0.15) is 0 Å². The fourth-order valence-corrected chi connectivity index (χ4v) is 4.09. The molecule has 0 atom stereocenters. The molecule has 3 N–H and O–H groups in total. The van der Waals surface area contributed by atoms with E-state index in [1.165, 1.54) is 29.2 Å². The summed E-state index contributed by atoms with van der Waals surface area (Å²) >= 11 is 0. The van der Waals surface area contributed by atoms with E-state index in [2.05, 4.69) is 25.5 Å². The lowest BCUT2D eigenvalue weighted by Crippen LogP contribution is -2.12. The van der Waals surface area contributed by atoms with E-state index >= 15 is 4.39 Å². The van der Waals surface area contributed by atoms with Crippen molar-refractivity contribution in [1.82, 2.24) is 29.7 Å². The van der Waals surface area contributed by atoms with Crippen LogP contribution in [-0.4, -0.2) is 56.2 Å². The van der Waals surface area contributed by atoms with Gasteiger partial charge in [0.2, 0.25) is 11.8 Å². The number of halogens is 1. The number of hydrogen-bond donors (Lipinski definition) is 2. The summed E-state index contributed by atoms with van der Waals surface area (Å²) in [5.74, 6) is -0.293. The highest BCUT2D eigenvalue weighted by Gasteiger charge is 2.21. The summed E-state index contributed by atoms with van der Waals surface area (Å²) in [5, 5.41) is 11.6. The van der Waals surface area contributed by atoms with Crippen LogP contribution in [0.1, 0.15) is 5.69 Å². The number of fused-ring (bicyclic) bond motifs is 1. The number of hydrogen-bond acceptors (Lipinski definition) is 8. The van der Waals surface area contributed by atoms with Gasteiger partial charge in [0.25, 0.3) is 0 Å². The second-order valence-corrected chi connectivity index (χ2v) is 9.30. The van der Waals surface area contributed by atoms with Gasteiger partial charge in [0, 0.05) is 41.2 Å². The number of pyridine rings is 1. The number of nitrogens with one attached hydrogen (secondary N) is 1. The molecule has 0 radical (unpaired) electrons. The molecule has 40 heavy (non-hydrogen) atoms. The van der Waals surface area contributed by atoms with Crippen molar-refractivity contribution in [2.45, 2.75) is 6.92 Å². The standard InChI is InChI=1S/C29H27FN8O2/c1-18-6-4-8-25(34-18)40-23-14-11-20(16-22(23)30)26-27(36-38-28(26)29(31)32-17-33-38)19-9-12-21(13-10-19)35-24(39)7-5-15-37(2)3/h4-14,16-17H,15H2,1-3H3,(H,35,39)(H2,31,32,33)/b7-5+. The number of amides is 1. The SMILES string of the molecule is Cc1cccc(Oc2ccc(-c3c(-c4ccc(NC(=O)/C=C/CN(C)C)cc4)nn4ncnc(N)c34)cc2F)n1. The molecule has 11 heteroatoms. The maximum Gasteiger partial charge on any atom is 0.248 e. The summed E-state index contributed by atoms with van der Waals surface area (Å²) in [7, 11) is 3.85. The number of carbonyl (C=O) groups is 1. The molecule has 0 aliphatic rings. The van der Waals surface area contributed by atoms with Crippen LogP contribution in [0.15, 0.2) is 79.1 Å². The average Bonchev–Trinajstić information content (AvgIpc) is 3.31. The average molecular weight is 539 g/mol. The van der Waals surface area contributed by atoms with E-state index < -0.39 is 5.82 Å². The first-order valence-electron chi connectivity index (χ1n) is 12.4. The summed E-state index contributed by atoms with van der Waals surface area (Å²) in [6, 6.07) is 17.0. The van der Waals surface area contributed by atoms with E-state index in [9.17, 15) is 4.79 Å². The van der Waals surface area contributed by atoms with Gasteiger partial charge in [-0.15, -0.1) is 14.8 Å². The zero-order valence-corrected chi connectivity index (χ0v) is 22.2. The van der Waals surface area contributed by atoms with Crippen LogP contribution in [-0.2, 0) is 4.79 Å². The van der Waals surface area contributed by atoms with Crippen molar-refractivity contribution in [2.24, 2.45) is 0 Å². The zero-order valence-electron chi connectivity index (χ0n) is 22.2. The zero-order chi connectivity index (χ0) is 28.2. The Morgan fingerprint density at radius 3 is 2.62 bits per heavy atom. The molecule has 202 valence electrons. The van der Waals surface area contributed by atoms with Crippen molar-refractivity contribution in [1.29, 1.82) is 0 Å².